The van der Waals surface area contributed by atoms with Gasteiger partial charge in [0.2, 0.25) is 11.2 Å². The normalized spacial score (nSPS) is 20.0. The van der Waals surface area contributed by atoms with E-state index in [4.69, 9.17) is 37.9 Å². The standard InChI is InChI=1S/C60H78F8O22/c1-13-41(69)79-31-55(32-80-42(70)14-2,33-81-43(71)15-3)87-47(75)21-19-39-23-51(7,8)29-53(11,25-39)27-49(77)85-37-57(61,62)89-59(65,66)60(67,68)90-58(63,64)38-86-50(78)28-54(12)26-40(24-52(9,10)30-54)20-22-48(76)88-56(34-82-44(72)16-4,35-83-45(73)17-5)36-84-46(74)18-6/h13-18,39-40H,1-6,19-38H2,7-12H3. The van der Waals surface area contributed by atoms with Gasteiger partial charge in [0.05, 0.1) is 12.8 Å². The van der Waals surface area contributed by atoms with Crippen LogP contribution < -0.4 is 0 Å². The van der Waals surface area contributed by atoms with Crippen LogP contribution in [0.1, 0.15) is 119 Å². The van der Waals surface area contributed by atoms with Crippen LogP contribution in [0.3, 0.4) is 0 Å². The molecule has 2 fully saturated rings. The van der Waals surface area contributed by atoms with Gasteiger partial charge in [-0.2, -0.15) is 35.1 Å². The molecule has 0 radical (unpaired) electrons. The van der Waals surface area contributed by atoms with Gasteiger partial charge in [0.15, 0.2) is 13.2 Å². The topological polar surface area (TPSA) is 281 Å². The highest BCUT2D eigenvalue weighted by Gasteiger charge is 2.68. The summed E-state index contributed by atoms with van der Waals surface area (Å²) in [6, 6.07) is 0. The van der Waals surface area contributed by atoms with E-state index in [0.717, 1.165) is 36.5 Å². The number of esters is 10. The summed E-state index contributed by atoms with van der Waals surface area (Å²) in [4.78, 5) is 125. The van der Waals surface area contributed by atoms with E-state index in [1.54, 1.807) is 41.5 Å². The van der Waals surface area contributed by atoms with Gasteiger partial charge in [-0.3, -0.25) is 19.2 Å². The Bertz CT molecular complexity index is 2360. The summed E-state index contributed by atoms with van der Waals surface area (Å²) in [6.45, 7) is 20.1. The Labute approximate surface area is 514 Å². The van der Waals surface area contributed by atoms with Crippen LogP contribution >= 0.6 is 0 Å². The second kappa shape index (κ2) is 33.0. The maximum absolute atomic E-state index is 14.8. The van der Waals surface area contributed by atoms with Crippen LogP contribution in [0.5, 0.6) is 0 Å². The molecule has 30 heteroatoms. The number of carbonyl (C=O) groups excluding carboxylic acids is 10. The van der Waals surface area contributed by atoms with Crippen molar-refractivity contribution in [3.05, 3.63) is 75.9 Å². The molecule has 0 heterocycles. The lowest BCUT2D eigenvalue weighted by Gasteiger charge is -2.46. The molecule has 0 bridgehead atoms. The van der Waals surface area contributed by atoms with Crippen molar-refractivity contribution in [2.24, 2.45) is 33.5 Å². The third-order valence-corrected chi connectivity index (χ3v) is 13.9. The predicted octanol–water partition coefficient (Wildman–Crippen LogP) is 9.42. The molecule has 0 aromatic rings. The molecule has 506 valence electrons. The molecule has 4 unspecified atom stereocenters. The molecule has 90 heavy (non-hydrogen) atoms. The molecule has 0 aromatic carbocycles. The molecule has 2 rings (SSSR count). The second-order valence-electron chi connectivity index (χ2n) is 24.3. The van der Waals surface area contributed by atoms with Gasteiger partial charge in [-0.15, -0.1) is 0 Å². The number of hydrogen-bond donors (Lipinski definition) is 0. The molecule has 0 aliphatic heterocycles. The summed E-state index contributed by atoms with van der Waals surface area (Å²) in [7, 11) is 0. The molecule has 0 spiro atoms. The predicted molar refractivity (Wildman–Crippen MR) is 295 cm³/mol. The van der Waals surface area contributed by atoms with Crippen LogP contribution in [0, 0.1) is 33.5 Å². The lowest BCUT2D eigenvalue weighted by atomic mass is 9.59. The largest absolute Gasteiger partial charge is 0.458 e. The lowest BCUT2D eigenvalue weighted by molar-refractivity contribution is -0.515. The van der Waals surface area contributed by atoms with Crippen molar-refractivity contribution in [3.63, 3.8) is 0 Å². The van der Waals surface area contributed by atoms with Gasteiger partial charge in [-0.25, -0.2) is 38.2 Å². The zero-order valence-corrected chi connectivity index (χ0v) is 51.0. The van der Waals surface area contributed by atoms with Gasteiger partial charge in [0, 0.05) is 49.3 Å². The number of alkyl halides is 8. The van der Waals surface area contributed by atoms with Crippen molar-refractivity contribution in [1.29, 1.82) is 0 Å². The van der Waals surface area contributed by atoms with Crippen LogP contribution in [-0.2, 0) is 105 Å². The van der Waals surface area contributed by atoms with E-state index in [1.807, 2.05) is 0 Å². The summed E-state index contributed by atoms with van der Waals surface area (Å²) < 4.78 is 175. The zero-order valence-electron chi connectivity index (χ0n) is 51.0. The summed E-state index contributed by atoms with van der Waals surface area (Å²) in [6.07, 6.45) is -20.0. The minimum absolute atomic E-state index is 0.0299. The van der Waals surface area contributed by atoms with Gasteiger partial charge in [0.25, 0.3) is 0 Å². The number of carbonyl (C=O) groups is 10. The van der Waals surface area contributed by atoms with Crippen molar-refractivity contribution in [1.82, 2.24) is 0 Å². The fourth-order valence-corrected chi connectivity index (χ4v) is 11.3. The van der Waals surface area contributed by atoms with E-state index in [1.165, 1.54) is 0 Å². The molecule has 0 amide bonds. The van der Waals surface area contributed by atoms with Crippen molar-refractivity contribution >= 4 is 59.7 Å². The van der Waals surface area contributed by atoms with Gasteiger partial charge in [0.1, 0.15) is 39.6 Å². The highest BCUT2D eigenvalue weighted by atomic mass is 19.3. The number of halogens is 8. The van der Waals surface area contributed by atoms with Crippen LogP contribution in [0.4, 0.5) is 35.1 Å². The SMILES string of the molecule is C=CC(=O)OCC(COC(=O)C=C)(COC(=O)C=C)OC(=O)CCC1CC(C)(C)CC(C)(CC(=O)OCC(F)(F)OC(F)(F)C(F)(F)OC(F)(F)COC(=O)CC2(C)CC(CCC(=O)OC(COC(=O)C=C)(COC(=O)C=C)COC(=O)C=C)CC(C)(C)C2)C1. The van der Waals surface area contributed by atoms with E-state index in [9.17, 15) is 83.1 Å². The smallest absolute Gasteiger partial charge is 0.453 e. The lowest BCUT2D eigenvalue weighted by Crippen LogP contribution is -2.53. The first-order chi connectivity index (χ1) is 41.4. The Hall–Kier alpha value is -7.50. The van der Waals surface area contributed by atoms with E-state index in [-0.39, 0.29) is 51.4 Å². The van der Waals surface area contributed by atoms with Gasteiger partial charge >= 0.3 is 84.1 Å². The van der Waals surface area contributed by atoms with E-state index in [2.05, 4.69) is 58.4 Å². The Morgan fingerprint density at radius 2 is 0.622 bits per heavy atom. The minimum Gasteiger partial charge on any atom is -0.458 e. The fraction of sp³-hybridized carbons (Fsp3) is 0.633. The first kappa shape index (κ1) is 78.6. The summed E-state index contributed by atoms with van der Waals surface area (Å²) >= 11 is 0. The second-order valence-corrected chi connectivity index (χ2v) is 24.3. The van der Waals surface area contributed by atoms with Crippen LogP contribution in [0.25, 0.3) is 0 Å². The van der Waals surface area contributed by atoms with Gasteiger partial charge < -0.3 is 47.4 Å². The molecule has 2 aliphatic carbocycles. The number of ether oxygens (including phenoxy) is 12. The Kier molecular flexibility index (Phi) is 28.8. The Balaban J connectivity index is 2.09. The van der Waals surface area contributed by atoms with Crippen molar-refractivity contribution in [2.45, 2.75) is 154 Å². The number of rotatable bonds is 39. The van der Waals surface area contributed by atoms with Crippen molar-refractivity contribution in [2.75, 3.05) is 52.9 Å². The molecule has 2 aliphatic rings. The third kappa shape index (κ3) is 27.7. The van der Waals surface area contributed by atoms with E-state index in [0.29, 0.717) is 12.8 Å². The number of hydrogen-bond acceptors (Lipinski definition) is 22. The van der Waals surface area contributed by atoms with Crippen LogP contribution in [0.2, 0.25) is 0 Å². The van der Waals surface area contributed by atoms with Crippen molar-refractivity contribution in [3.8, 4) is 0 Å². The maximum atomic E-state index is 14.8. The van der Waals surface area contributed by atoms with Crippen LogP contribution in [-0.4, -0.2) is 148 Å². The third-order valence-electron chi connectivity index (χ3n) is 13.9. The Morgan fingerprint density at radius 1 is 0.378 bits per heavy atom. The molecular formula is C60H78F8O22. The fourth-order valence-electron chi connectivity index (χ4n) is 11.3. The first-order valence-corrected chi connectivity index (χ1v) is 27.8. The van der Waals surface area contributed by atoms with Gasteiger partial charge in [-0.05, 0) is 84.9 Å². The minimum atomic E-state index is -6.56. The summed E-state index contributed by atoms with van der Waals surface area (Å²) in [5.74, 6) is -11.7. The highest BCUT2D eigenvalue weighted by Crippen LogP contribution is 2.53. The van der Waals surface area contributed by atoms with Crippen LogP contribution in [0.15, 0.2) is 75.9 Å². The Morgan fingerprint density at radius 3 is 0.856 bits per heavy atom. The molecule has 2 saturated carbocycles. The maximum Gasteiger partial charge on any atom is 0.453 e. The van der Waals surface area contributed by atoms with Gasteiger partial charge in [-0.1, -0.05) is 81.0 Å². The molecule has 4 atom stereocenters. The summed E-state index contributed by atoms with van der Waals surface area (Å²) in [5.41, 5.74) is -7.65. The molecular weight excluding hydrogens is 1220 g/mol. The van der Waals surface area contributed by atoms with E-state index >= 15 is 0 Å². The average molecular weight is 1300 g/mol. The highest BCUT2D eigenvalue weighted by molar-refractivity contribution is 5.84. The molecule has 0 aromatic heterocycles. The zero-order chi connectivity index (χ0) is 68.8. The van der Waals surface area contributed by atoms with Crippen molar-refractivity contribution < 1.29 is 140 Å². The summed E-state index contributed by atoms with van der Waals surface area (Å²) in [5, 5.41) is 0. The molecule has 22 nitrogen and oxygen atoms in total. The average Bonchev–Trinajstić information content (AvgIpc) is 0.952. The quantitative estimate of drug-likeness (QED) is 0.0240. The molecule has 0 N–H and O–H groups in total. The molecule has 0 saturated heterocycles. The monoisotopic (exact) mass is 1300 g/mol. The van der Waals surface area contributed by atoms with E-state index < -0.39 is 195 Å². The first-order valence-electron chi connectivity index (χ1n) is 27.8.